The Kier molecular flexibility index (Phi) is 7.16. The van der Waals surface area contributed by atoms with Gasteiger partial charge in [0.05, 0.1) is 17.6 Å². The molecule has 0 aromatic carbocycles. The van der Waals surface area contributed by atoms with Crippen LogP contribution in [0.1, 0.15) is 18.7 Å². The zero-order valence-electron chi connectivity index (χ0n) is 15.7. The summed E-state index contributed by atoms with van der Waals surface area (Å²) < 4.78 is 28.1. The minimum atomic E-state index is -2.78. The quantitative estimate of drug-likeness (QED) is 0.458. The van der Waals surface area contributed by atoms with E-state index in [0.29, 0.717) is 11.7 Å². The third-order valence-corrected chi connectivity index (χ3v) is 5.12. The van der Waals surface area contributed by atoms with Crippen LogP contribution < -0.4 is 9.62 Å². The predicted molar refractivity (Wildman–Crippen MR) is 111 cm³/mol. The summed E-state index contributed by atoms with van der Waals surface area (Å²) in [5, 5.41) is 7.17. The molecule has 3 N–H and O–H groups in total. The molecular formula is C19H24F2N6S. The summed E-state index contributed by atoms with van der Waals surface area (Å²) in [6, 6.07) is 3.91. The maximum absolute atomic E-state index is 12.4. The van der Waals surface area contributed by atoms with Gasteiger partial charge in [0.2, 0.25) is 0 Å². The lowest BCUT2D eigenvalue weighted by atomic mass is 9.98. The van der Waals surface area contributed by atoms with E-state index in [0.717, 1.165) is 49.2 Å². The number of alkyl halides is 2. The zero-order valence-corrected chi connectivity index (χ0v) is 16.5. The number of nitrogens with one attached hydrogen (secondary N) is 3. The maximum Gasteiger partial charge on any atom is 0.279 e. The van der Waals surface area contributed by atoms with E-state index in [-0.39, 0.29) is 0 Å². The fraction of sp³-hybridized carbons (Fsp3) is 0.421. The molecule has 2 aromatic heterocycles. The SMILES string of the molecule is CSNCC1CCCN(c2cc(-c3cnc(/C=C\C(=N)C(F)F)[nH]3)ccn2)C1. The molecular weight excluding hydrogens is 382 g/mol. The highest BCUT2D eigenvalue weighted by atomic mass is 32.2. The van der Waals surface area contributed by atoms with Crippen LogP contribution in [0.5, 0.6) is 0 Å². The fourth-order valence-electron chi connectivity index (χ4n) is 3.21. The first-order chi connectivity index (χ1) is 13.6. The minimum Gasteiger partial charge on any atom is -0.356 e. The lowest BCUT2D eigenvalue weighted by Gasteiger charge is -2.33. The van der Waals surface area contributed by atoms with Crippen molar-refractivity contribution in [3.8, 4) is 11.3 Å². The molecule has 0 radical (unpaired) electrons. The van der Waals surface area contributed by atoms with Gasteiger partial charge in [-0.05, 0) is 49.3 Å². The van der Waals surface area contributed by atoms with Crippen molar-refractivity contribution in [1.29, 1.82) is 5.41 Å². The van der Waals surface area contributed by atoms with E-state index in [9.17, 15) is 8.78 Å². The van der Waals surface area contributed by atoms with Gasteiger partial charge >= 0.3 is 0 Å². The van der Waals surface area contributed by atoms with Crippen LogP contribution in [-0.2, 0) is 0 Å². The Balaban J connectivity index is 1.70. The summed E-state index contributed by atoms with van der Waals surface area (Å²) in [4.78, 5) is 14.1. The Labute approximate surface area is 167 Å². The van der Waals surface area contributed by atoms with Crippen LogP contribution in [-0.4, -0.2) is 53.0 Å². The van der Waals surface area contributed by atoms with Gasteiger partial charge in [-0.2, -0.15) is 0 Å². The van der Waals surface area contributed by atoms with Crippen LogP contribution >= 0.6 is 11.9 Å². The summed E-state index contributed by atoms with van der Waals surface area (Å²) in [5.41, 5.74) is 0.981. The Morgan fingerprint density at radius 3 is 3.14 bits per heavy atom. The Morgan fingerprint density at radius 1 is 1.50 bits per heavy atom. The molecule has 3 rings (SSSR count). The van der Waals surface area contributed by atoms with Crippen molar-refractivity contribution in [2.45, 2.75) is 19.3 Å². The molecule has 150 valence electrons. The number of hydrogen-bond acceptors (Lipinski definition) is 6. The second-order valence-electron chi connectivity index (χ2n) is 6.68. The van der Waals surface area contributed by atoms with Crippen LogP contribution in [0.2, 0.25) is 0 Å². The van der Waals surface area contributed by atoms with Crippen molar-refractivity contribution in [3.63, 3.8) is 0 Å². The number of H-pyrrole nitrogens is 1. The molecule has 28 heavy (non-hydrogen) atoms. The molecule has 6 nitrogen and oxygen atoms in total. The lowest BCUT2D eigenvalue weighted by molar-refractivity contribution is 0.226. The second kappa shape index (κ2) is 9.79. The number of nitrogens with zero attached hydrogens (tertiary/aromatic N) is 3. The molecule has 1 unspecified atom stereocenters. The van der Waals surface area contributed by atoms with Crippen LogP contribution in [0, 0.1) is 11.3 Å². The highest BCUT2D eigenvalue weighted by Crippen LogP contribution is 2.25. The van der Waals surface area contributed by atoms with Crippen LogP contribution in [0.25, 0.3) is 17.3 Å². The molecule has 2 aromatic rings. The average Bonchev–Trinajstić information content (AvgIpc) is 3.20. The summed E-state index contributed by atoms with van der Waals surface area (Å²) >= 11 is 1.65. The van der Waals surface area contributed by atoms with E-state index < -0.39 is 12.1 Å². The predicted octanol–water partition coefficient (Wildman–Crippen LogP) is 3.85. The maximum atomic E-state index is 12.4. The van der Waals surface area contributed by atoms with E-state index in [1.165, 1.54) is 12.5 Å². The summed E-state index contributed by atoms with van der Waals surface area (Å²) in [7, 11) is 0. The molecule has 9 heteroatoms. The topological polar surface area (TPSA) is 80.7 Å². The van der Waals surface area contributed by atoms with Gasteiger partial charge < -0.3 is 9.88 Å². The zero-order chi connectivity index (χ0) is 19.9. The van der Waals surface area contributed by atoms with Gasteiger partial charge in [-0.3, -0.25) is 10.1 Å². The van der Waals surface area contributed by atoms with Gasteiger partial charge in [-0.15, -0.1) is 0 Å². The monoisotopic (exact) mass is 406 g/mol. The van der Waals surface area contributed by atoms with Crippen molar-refractivity contribution < 1.29 is 8.78 Å². The third kappa shape index (κ3) is 5.39. The van der Waals surface area contributed by atoms with Crippen molar-refractivity contribution in [3.05, 3.63) is 36.4 Å². The molecule has 1 aliphatic heterocycles. The number of anilines is 1. The van der Waals surface area contributed by atoms with Crippen LogP contribution in [0.3, 0.4) is 0 Å². The van der Waals surface area contributed by atoms with Crippen molar-refractivity contribution in [1.82, 2.24) is 19.7 Å². The van der Waals surface area contributed by atoms with E-state index in [1.807, 2.05) is 18.4 Å². The first kappa shape index (κ1) is 20.5. The minimum absolute atomic E-state index is 0.430. The van der Waals surface area contributed by atoms with Crippen LogP contribution in [0.15, 0.2) is 30.6 Å². The number of aromatic nitrogens is 3. The Hall–Kier alpha value is -2.26. The first-order valence-corrected chi connectivity index (χ1v) is 10.4. The number of allylic oxidation sites excluding steroid dienone is 1. The molecule has 1 aliphatic rings. The third-order valence-electron chi connectivity index (χ3n) is 4.67. The normalized spacial score (nSPS) is 17.6. The number of piperidine rings is 1. The van der Waals surface area contributed by atoms with Gasteiger partial charge in [0.25, 0.3) is 6.43 Å². The molecule has 0 aliphatic carbocycles. The number of rotatable bonds is 8. The number of pyridine rings is 1. The number of hydrogen-bond donors (Lipinski definition) is 3. The highest BCUT2D eigenvalue weighted by molar-refractivity contribution is 7.96. The highest BCUT2D eigenvalue weighted by Gasteiger charge is 2.21. The lowest BCUT2D eigenvalue weighted by Crippen LogP contribution is -2.39. The van der Waals surface area contributed by atoms with Gasteiger partial charge in [0.15, 0.2) is 0 Å². The number of aromatic amines is 1. The molecule has 0 saturated carbocycles. The van der Waals surface area contributed by atoms with Gasteiger partial charge in [0, 0.05) is 31.4 Å². The average molecular weight is 407 g/mol. The van der Waals surface area contributed by atoms with E-state index in [1.54, 1.807) is 24.3 Å². The van der Waals surface area contributed by atoms with E-state index in [2.05, 4.69) is 24.6 Å². The van der Waals surface area contributed by atoms with Gasteiger partial charge in [0.1, 0.15) is 11.6 Å². The second-order valence-corrected chi connectivity index (χ2v) is 7.38. The van der Waals surface area contributed by atoms with Crippen molar-refractivity contribution in [2.24, 2.45) is 5.92 Å². The summed E-state index contributed by atoms with van der Waals surface area (Å²) in [6.45, 7) is 2.94. The Morgan fingerprint density at radius 2 is 2.36 bits per heavy atom. The van der Waals surface area contributed by atoms with Crippen molar-refractivity contribution in [2.75, 3.05) is 30.8 Å². The largest absolute Gasteiger partial charge is 0.356 e. The molecule has 0 spiro atoms. The fourth-order valence-corrected chi connectivity index (χ4v) is 3.61. The smallest absolute Gasteiger partial charge is 0.279 e. The van der Waals surface area contributed by atoms with Crippen LogP contribution in [0.4, 0.5) is 14.6 Å². The summed E-state index contributed by atoms with van der Waals surface area (Å²) in [5.74, 6) is 1.96. The standard InChI is InChI=1S/C19H24F2N6S/c1-28-25-10-13-3-2-8-27(12-13)18-9-14(6-7-23-18)16-11-24-17(26-16)5-4-15(22)19(20)21/h4-7,9,11,13,19,22,25H,2-3,8,10,12H2,1H3,(H,24,26)/b5-4-,22-15?. The van der Waals surface area contributed by atoms with Gasteiger partial charge in [-0.25, -0.2) is 18.7 Å². The summed E-state index contributed by atoms with van der Waals surface area (Å²) in [6.07, 6.45) is 7.48. The molecule has 1 atom stereocenters. The molecule has 3 heterocycles. The van der Waals surface area contributed by atoms with E-state index in [4.69, 9.17) is 5.41 Å². The number of halogens is 2. The molecule has 0 amide bonds. The van der Waals surface area contributed by atoms with E-state index >= 15 is 0 Å². The molecule has 0 bridgehead atoms. The molecule has 1 fully saturated rings. The van der Waals surface area contributed by atoms with Gasteiger partial charge in [-0.1, -0.05) is 11.9 Å². The Bertz CT molecular complexity index is 822. The van der Waals surface area contributed by atoms with Crippen molar-refractivity contribution >= 4 is 29.6 Å². The molecule has 1 saturated heterocycles. The number of imidazole rings is 1. The first-order valence-electron chi connectivity index (χ1n) is 9.13.